The molecule has 1 N–H and O–H groups in total. The van der Waals surface area contributed by atoms with Crippen molar-refractivity contribution in [2.45, 2.75) is 44.8 Å². The summed E-state index contributed by atoms with van der Waals surface area (Å²) in [4.78, 5) is 23.5. The van der Waals surface area contributed by atoms with Crippen LogP contribution in [0.4, 0.5) is 0 Å². The Balaban J connectivity index is 2.06. The zero-order valence-electron chi connectivity index (χ0n) is 12.7. The van der Waals surface area contributed by atoms with Gasteiger partial charge in [0, 0.05) is 25.1 Å². The van der Waals surface area contributed by atoms with E-state index in [0.29, 0.717) is 37.0 Å². The van der Waals surface area contributed by atoms with Crippen molar-refractivity contribution in [3.05, 3.63) is 29.3 Å². The van der Waals surface area contributed by atoms with Crippen LogP contribution in [0, 0.1) is 12.3 Å². The van der Waals surface area contributed by atoms with Gasteiger partial charge in [0.1, 0.15) is 11.5 Å². The third kappa shape index (κ3) is 3.77. The van der Waals surface area contributed by atoms with E-state index in [1.807, 2.05) is 6.07 Å². The molecule has 1 aromatic rings. The van der Waals surface area contributed by atoms with Crippen molar-refractivity contribution < 1.29 is 19.3 Å². The van der Waals surface area contributed by atoms with Crippen molar-refractivity contribution in [2.75, 3.05) is 0 Å². The minimum atomic E-state index is -1.07. The highest BCUT2D eigenvalue weighted by molar-refractivity contribution is 6.47. The number of hydrogen-bond donors (Lipinski definition) is 1. The van der Waals surface area contributed by atoms with Crippen LogP contribution in [-0.2, 0) is 11.2 Å². The van der Waals surface area contributed by atoms with Crippen molar-refractivity contribution in [1.82, 2.24) is 0 Å². The highest BCUT2D eigenvalue weighted by Crippen LogP contribution is 2.36. The second-order valence-electron chi connectivity index (χ2n) is 5.62. The van der Waals surface area contributed by atoms with Crippen LogP contribution in [0.15, 0.2) is 18.2 Å². The number of ketones is 2. The summed E-state index contributed by atoms with van der Waals surface area (Å²) in [5, 5.41) is 10.1. The number of hydrogen-bond acceptors (Lipinski definition) is 4. The highest BCUT2D eigenvalue weighted by atomic mass is 16.5. The number of carbonyl (C=O) groups excluding carboxylic acids is 2. The van der Waals surface area contributed by atoms with E-state index >= 15 is 0 Å². The quantitative estimate of drug-likeness (QED) is 0.379. The summed E-state index contributed by atoms with van der Waals surface area (Å²) in [6, 6.07) is 5.34. The lowest BCUT2D eigenvalue weighted by molar-refractivity contribution is -0.119. The molecule has 0 unspecified atom stereocenters. The van der Waals surface area contributed by atoms with Gasteiger partial charge >= 0.3 is 7.12 Å². The van der Waals surface area contributed by atoms with Crippen molar-refractivity contribution in [3.8, 4) is 18.1 Å². The summed E-state index contributed by atoms with van der Waals surface area (Å²) in [7, 11) is -1.07. The standard InChI is InChI=1S/C17H19BO4/c1-3-4-5-8-15(20)11-14-10-13-7-6-9-16(12(2)19)17(13)22-18(14)21/h1,6-7,9,14,21H,4-5,8,10-11H2,2H3/t14-/m1/s1. The lowest BCUT2D eigenvalue weighted by Crippen LogP contribution is -2.35. The molecule has 0 amide bonds. The molecule has 2 rings (SSSR count). The first kappa shape index (κ1) is 16.3. The SMILES string of the molecule is C#CCCCC(=O)C[C@H]1Cc2cccc(C(C)=O)c2OB1O. The molecule has 5 heteroatoms. The number of unbranched alkanes of at least 4 members (excludes halogenated alkanes) is 1. The van der Waals surface area contributed by atoms with Crippen LogP contribution in [0.5, 0.6) is 5.75 Å². The van der Waals surface area contributed by atoms with Gasteiger partial charge in [0.25, 0.3) is 0 Å². The third-order valence-electron chi connectivity index (χ3n) is 3.87. The fourth-order valence-corrected chi connectivity index (χ4v) is 2.72. The van der Waals surface area contributed by atoms with Gasteiger partial charge in [-0.05, 0) is 31.4 Å². The van der Waals surface area contributed by atoms with Gasteiger partial charge in [-0.1, -0.05) is 12.1 Å². The highest BCUT2D eigenvalue weighted by Gasteiger charge is 2.37. The lowest BCUT2D eigenvalue weighted by atomic mass is 9.64. The fraction of sp³-hybridized carbons (Fsp3) is 0.412. The van der Waals surface area contributed by atoms with Crippen LogP contribution in [0.25, 0.3) is 0 Å². The van der Waals surface area contributed by atoms with E-state index < -0.39 is 7.12 Å². The maximum atomic E-state index is 11.9. The molecular weight excluding hydrogens is 279 g/mol. The molecule has 0 aromatic heterocycles. The van der Waals surface area contributed by atoms with Crippen LogP contribution < -0.4 is 4.65 Å². The molecule has 1 aromatic carbocycles. The number of rotatable bonds is 6. The molecule has 1 atom stereocenters. The van der Waals surface area contributed by atoms with E-state index in [0.717, 1.165) is 5.56 Å². The van der Waals surface area contributed by atoms with Gasteiger partial charge in [-0.2, -0.15) is 0 Å². The van der Waals surface area contributed by atoms with Crippen molar-refractivity contribution in [2.24, 2.45) is 0 Å². The van der Waals surface area contributed by atoms with Gasteiger partial charge in [0.05, 0.1) is 5.56 Å². The van der Waals surface area contributed by atoms with Crippen LogP contribution in [-0.4, -0.2) is 23.7 Å². The van der Waals surface area contributed by atoms with Gasteiger partial charge in [-0.25, -0.2) is 0 Å². The zero-order valence-corrected chi connectivity index (χ0v) is 12.7. The molecular formula is C17H19BO4. The Labute approximate surface area is 131 Å². The zero-order chi connectivity index (χ0) is 16.1. The summed E-state index contributed by atoms with van der Waals surface area (Å²) in [6.07, 6.45) is 7.63. The Morgan fingerprint density at radius 2 is 2.27 bits per heavy atom. The maximum absolute atomic E-state index is 11.9. The Morgan fingerprint density at radius 3 is 2.95 bits per heavy atom. The van der Waals surface area contributed by atoms with E-state index in [1.165, 1.54) is 6.92 Å². The smallest absolute Gasteiger partial charge is 0.526 e. The monoisotopic (exact) mass is 298 g/mol. The van der Waals surface area contributed by atoms with Gasteiger partial charge in [0.2, 0.25) is 0 Å². The lowest BCUT2D eigenvalue weighted by Gasteiger charge is -2.28. The van der Waals surface area contributed by atoms with Crippen LogP contribution in [0.3, 0.4) is 0 Å². The van der Waals surface area contributed by atoms with Gasteiger partial charge in [-0.3, -0.25) is 9.59 Å². The van der Waals surface area contributed by atoms with Crippen LogP contribution in [0.1, 0.15) is 48.5 Å². The van der Waals surface area contributed by atoms with Crippen molar-refractivity contribution in [3.63, 3.8) is 0 Å². The summed E-state index contributed by atoms with van der Waals surface area (Å²) in [5.74, 6) is 2.64. The molecule has 1 aliphatic rings. The molecule has 0 saturated carbocycles. The number of benzene rings is 1. The predicted molar refractivity (Wildman–Crippen MR) is 84.8 cm³/mol. The second kappa shape index (κ2) is 7.28. The normalized spacial score (nSPS) is 16.4. The molecule has 0 spiro atoms. The molecule has 0 radical (unpaired) electrons. The number of para-hydroxylation sites is 1. The first-order chi connectivity index (χ1) is 10.5. The summed E-state index contributed by atoms with van der Waals surface area (Å²) in [5.41, 5.74) is 1.33. The van der Waals surface area contributed by atoms with Crippen molar-refractivity contribution >= 4 is 18.7 Å². The average molecular weight is 298 g/mol. The van der Waals surface area contributed by atoms with Gasteiger partial charge in [-0.15, -0.1) is 12.3 Å². The van der Waals surface area contributed by atoms with Gasteiger partial charge < -0.3 is 9.68 Å². The number of carbonyl (C=O) groups is 2. The van der Waals surface area contributed by atoms with Crippen LogP contribution >= 0.6 is 0 Å². The van der Waals surface area contributed by atoms with E-state index in [9.17, 15) is 14.6 Å². The predicted octanol–water partition coefficient (Wildman–Crippen LogP) is 2.44. The first-order valence-corrected chi connectivity index (χ1v) is 7.45. The molecule has 0 fully saturated rings. The molecule has 114 valence electrons. The summed E-state index contributed by atoms with van der Waals surface area (Å²) >= 11 is 0. The fourth-order valence-electron chi connectivity index (χ4n) is 2.72. The minimum Gasteiger partial charge on any atom is -0.535 e. The Kier molecular flexibility index (Phi) is 5.40. The number of Topliss-reactive ketones (excluding diaryl/α,β-unsaturated/α-hetero) is 2. The van der Waals surface area contributed by atoms with Crippen LogP contribution in [0.2, 0.25) is 5.82 Å². The third-order valence-corrected chi connectivity index (χ3v) is 3.87. The van der Waals surface area contributed by atoms with Crippen molar-refractivity contribution in [1.29, 1.82) is 0 Å². The average Bonchev–Trinajstić information content (AvgIpc) is 2.47. The molecule has 0 bridgehead atoms. The molecule has 0 aliphatic carbocycles. The van der Waals surface area contributed by atoms with E-state index in [2.05, 4.69) is 5.92 Å². The maximum Gasteiger partial charge on any atom is 0.526 e. The molecule has 22 heavy (non-hydrogen) atoms. The van der Waals surface area contributed by atoms with E-state index in [4.69, 9.17) is 11.1 Å². The van der Waals surface area contributed by atoms with Gasteiger partial charge in [0.15, 0.2) is 5.78 Å². The summed E-state index contributed by atoms with van der Waals surface area (Å²) in [6.45, 7) is 1.46. The van der Waals surface area contributed by atoms with E-state index in [-0.39, 0.29) is 23.8 Å². The first-order valence-electron chi connectivity index (χ1n) is 7.45. The Morgan fingerprint density at radius 1 is 1.50 bits per heavy atom. The molecule has 1 heterocycles. The Bertz CT molecular complexity index is 618. The molecule has 1 aliphatic heterocycles. The number of fused-ring (bicyclic) bond motifs is 1. The number of terminal acetylenes is 1. The molecule has 0 saturated heterocycles. The Hall–Kier alpha value is -2.06. The summed E-state index contributed by atoms with van der Waals surface area (Å²) < 4.78 is 5.51. The molecule has 4 nitrogen and oxygen atoms in total. The topological polar surface area (TPSA) is 63.6 Å². The minimum absolute atomic E-state index is 0.0778. The van der Waals surface area contributed by atoms with E-state index in [1.54, 1.807) is 12.1 Å². The second-order valence-corrected chi connectivity index (χ2v) is 5.62. The largest absolute Gasteiger partial charge is 0.535 e.